The number of rotatable bonds is 1. The molecule has 1 N–H and O–H groups in total. The second-order valence-corrected chi connectivity index (χ2v) is 7.20. The predicted octanol–water partition coefficient (Wildman–Crippen LogP) is 4.12. The summed E-state index contributed by atoms with van der Waals surface area (Å²) in [6, 6.07) is 4.01. The van der Waals surface area contributed by atoms with E-state index in [0.29, 0.717) is 11.1 Å². The fourth-order valence-electron chi connectivity index (χ4n) is 2.11. The van der Waals surface area contributed by atoms with E-state index in [2.05, 4.69) is 52.6 Å². The second kappa shape index (κ2) is 4.33. The summed E-state index contributed by atoms with van der Waals surface area (Å²) in [4.78, 5) is 15.2. The number of hydrogen-bond acceptors (Lipinski definition) is 3. The van der Waals surface area contributed by atoms with Crippen LogP contribution in [0.5, 0.6) is 0 Å². The molecule has 20 heavy (non-hydrogen) atoms. The molecule has 0 saturated carbocycles. The molecule has 108 valence electrons. The van der Waals surface area contributed by atoms with E-state index in [1.54, 1.807) is 0 Å². The van der Waals surface area contributed by atoms with E-state index in [1.807, 2.05) is 6.07 Å². The summed E-state index contributed by atoms with van der Waals surface area (Å²) in [5.74, 6) is -1.39. The standard InChI is InChI=1S/C16H21NO3/c1-15(2,3)9-7-10(16(4,5)6)12-11(8-9)17-13(20-12)14(18)19/h7-8H,1-6H3,(H,18,19). The Bertz CT molecular complexity index is 669. The Labute approximate surface area is 118 Å². The first-order valence-electron chi connectivity index (χ1n) is 6.69. The van der Waals surface area contributed by atoms with E-state index in [1.165, 1.54) is 0 Å². The molecule has 1 heterocycles. The molecule has 2 rings (SSSR count). The molecule has 0 aliphatic heterocycles. The lowest BCUT2D eigenvalue weighted by Crippen LogP contribution is -2.16. The summed E-state index contributed by atoms with van der Waals surface area (Å²) in [5, 5.41) is 9.05. The molecular weight excluding hydrogens is 254 g/mol. The van der Waals surface area contributed by atoms with Gasteiger partial charge in [-0.2, -0.15) is 0 Å². The van der Waals surface area contributed by atoms with Crippen LogP contribution in [0.4, 0.5) is 0 Å². The van der Waals surface area contributed by atoms with Crippen molar-refractivity contribution in [3.8, 4) is 0 Å². The Hall–Kier alpha value is -1.84. The van der Waals surface area contributed by atoms with Gasteiger partial charge in [0.25, 0.3) is 0 Å². The third kappa shape index (κ3) is 2.55. The maximum Gasteiger partial charge on any atom is 0.392 e. The number of carbonyl (C=O) groups is 1. The van der Waals surface area contributed by atoms with Gasteiger partial charge in [0.1, 0.15) is 5.52 Å². The monoisotopic (exact) mass is 275 g/mol. The normalized spacial score (nSPS) is 12.9. The summed E-state index contributed by atoms with van der Waals surface area (Å²) in [5.41, 5.74) is 3.12. The van der Waals surface area contributed by atoms with E-state index < -0.39 is 5.97 Å². The number of hydrogen-bond donors (Lipinski definition) is 1. The van der Waals surface area contributed by atoms with Gasteiger partial charge in [-0.05, 0) is 22.5 Å². The van der Waals surface area contributed by atoms with Gasteiger partial charge in [0, 0.05) is 5.56 Å². The molecule has 0 saturated heterocycles. The predicted molar refractivity (Wildman–Crippen MR) is 78.4 cm³/mol. The van der Waals surface area contributed by atoms with Gasteiger partial charge in [-0.15, -0.1) is 0 Å². The number of nitrogens with zero attached hydrogens (tertiary/aromatic N) is 1. The van der Waals surface area contributed by atoms with Crippen LogP contribution in [0.25, 0.3) is 11.1 Å². The van der Waals surface area contributed by atoms with Gasteiger partial charge in [-0.3, -0.25) is 0 Å². The molecule has 0 spiro atoms. The lowest BCUT2D eigenvalue weighted by atomic mass is 9.80. The first kappa shape index (κ1) is 14.6. The highest BCUT2D eigenvalue weighted by Gasteiger charge is 2.26. The number of carboxylic acids is 1. The van der Waals surface area contributed by atoms with Gasteiger partial charge in [-0.1, -0.05) is 47.6 Å². The van der Waals surface area contributed by atoms with Crippen molar-refractivity contribution < 1.29 is 14.3 Å². The van der Waals surface area contributed by atoms with Crippen LogP contribution in [-0.2, 0) is 10.8 Å². The molecule has 2 aromatic rings. The number of aromatic nitrogens is 1. The molecule has 4 heteroatoms. The van der Waals surface area contributed by atoms with Crippen molar-refractivity contribution in [3.63, 3.8) is 0 Å². The fourth-order valence-corrected chi connectivity index (χ4v) is 2.11. The summed E-state index contributed by atoms with van der Waals surface area (Å²) < 4.78 is 5.44. The summed E-state index contributed by atoms with van der Waals surface area (Å²) in [6.45, 7) is 12.6. The van der Waals surface area contributed by atoms with Gasteiger partial charge < -0.3 is 9.52 Å². The van der Waals surface area contributed by atoms with Crippen molar-refractivity contribution in [1.82, 2.24) is 4.98 Å². The van der Waals surface area contributed by atoms with E-state index >= 15 is 0 Å². The number of fused-ring (bicyclic) bond motifs is 1. The van der Waals surface area contributed by atoms with Crippen molar-refractivity contribution >= 4 is 17.1 Å². The SMILES string of the molecule is CC(C)(C)c1cc(C(C)(C)C)c2oc(C(=O)O)nc2c1. The minimum atomic E-state index is -1.14. The molecule has 0 radical (unpaired) electrons. The average molecular weight is 275 g/mol. The Kier molecular flexibility index (Phi) is 3.16. The zero-order valence-electron chi connectivity index (χ0n) is 12.9. The fraction of sp³-hybridized carbons (Fsp3) is 0.500. The van der Waals surface area contributed by atoms with Gasteiger partial charge in [0.05, 0.1) is 0 Å². The molecule has 0 fully saturated rings. The molecule has 0 atom stereocenters. The summed E-state index contributed by atoms with van der Waals surface area (Å²) in [7, 11) is 0. The van der Waals surface area contributed by atoms with Crippen LogP contribution >= 0.6 is 0 Å². The topological polar surface area (TPSA) is 63.3 Å². The van der Waals surface area contributed by atoms with Crippen LogP contribution in [0.2, 0.25) is 0 Å². The maximum absolute atomic E-state index is 11.1. The highest BCUT2D eigenvalue weighted by Crippen LogP contribution is 2.35. The van der Waals surface area contributed by atoms with Gasteiger partial charge in [0.15, 0.2) is 5.58 Å². The van der Waals surface area contributed by atoms with E-state index in [-0.39, 0.29) is 16.7 Å². The van der Waals surface area contributed by atoms with Crippen LogP contribution < -0.4 is 0 Å². The molecule has 0 unspecified atom stereocenters. The van der Waals surface area contributed by atoms with Crippen molar-refractivity contribution in [1.29, 1.82) is 0 Å². The highest BCUT2D eigenvalue weighted by atomic mass is 16.4. The molecule has 1 aromatic heterocycles. The summed E-state index contributed by atoms with van der Waals surface area (Å²) >= 11 is 0. The van der Waals surface area contributed by atoms with Gasteiger partial charge in [-0.25, -0.2) is 9.78 Å². The molecule has 1 aromatic carbocycles. The van der Waals surface area contributed by atoms with Crippen molar-refractivity contribution in [2.75, 3.05) is 0 Å². The Morgan fingerprint density at radius 3 is 2.15 bits per heavy atom. The number of benzene rings is 1. The molecule has 0 bridgehead atoms. The number of carboxylic acid groups (broad SMARTS) is 1. The van der Waals surface area contributed by atoms with Crippen molar-refractivity contribution in [3.05, 3.63) is 29.2 Å². The van der Waals surface area contributed by atoms with Crippen LogP contribution in [0.3, 0.4) is 0 Å². The van der Waals surface area contributed by atoms with Gasteiger partial charge >= 0.3 is 11.9 Å². The van der Waals surface area contributed by atoms with E-state index in [0.717, 1.165) is 11.1 Å². The van der Waals surface area contributed by atoms with Gasteiger partial charge in [0.2, 0.25) is 0 Å². The lowest BCUT2D eigenvalue weighted by Gasteiger charge is -2.24. The number of oxazole rings is 1. The van der Waals surface area contributed by atoms with Crippen LogP contribution in [0.1, 0.15) is 63.4 Å². The lowest BCUT2D eigenvalue weighted by molar-refractivity contribution is 0.0656. The second-order valence-electron chi connectivity index (χ2n) is 7.20. The van der Waals surface area contributed by atoms with Crippen molar-refractivity contribution in [2.24, 2.45) is 0 Å². The molecule has 0 aliphatic rings. The zero-order valence-corrected chi connectivity index (χ0v) is 12.9. The third-order valence-electron chi connectivity index (χ3n) is 3.35. The Morgan fingerprint density at radius 1 is 1.10 bits per heavy atom. The zero-order chi connectivity index (χ0) is 15.3. The van der Waals surface area contributed by atoms with E-state index in [4.69, 9.17) is 9.52 Å². The van der Waals surface area contributed by atoms with Crippen LogP contribution in [0.15, 0.2) is 16.5 Å². The number of aromatic carboxylic acids is 1. The average Bonchev–Trinajstić information content (AvgIpc) is 2.68. The smallest absolute Gasteiger partial charge is 0.392 e. The minimum Gasteiger partial charge on any atom is -0.474 e. The largest absolute Gasteiger partial charge is 0.474 e. The van der Waals surface area contributed by atoms with Crippen LogP contribution in [-0.4, -0.2) is 16.1 Å². The van der Waals surface area contributed by atoms with Crippen LogP contribution in [0, 0.1) is 0 Å². The Morgan fingerprint density at radius 2 is 1.70 bits per heavy atom. The summed E-state index contributed by atoms with van der Waals surface area (Å²) in [6.07, 6.45) is 0. The van der Waals surface area contributed by atoms with E-state index in [9.17, 15) is 4.79 Å². The van der Waals surface area contributed by atoms with Crippen molar-refractivity contribution in [2.45, 2.75) is 52.4 Å². The first-order chi connectivity index (χ1) is 9.00. The molecular formula is C16H21NO3. The molecule has 4 nitrogen and oxygen atoms in total. The maximum atomic E-state index is 11.1. The quantitative estimate of drug-likeness (QED) is 0.850. The first-order valence-corrected chi connectivity index (χ1v) is 6.69. The highest BCUT2D eigenvalue weighted by molar-refractivity contribution is 5.88. The third-order valence-corrected chi connectivity index (χ3v) is 3.35. The molecule has 0 aliphatic carbocycles. The molecule has 0 amide bonds. The minimum absolute atomic E-state index is 0.0312. The Balaban J connectivity index is 2.82.